The smallest absolute Gasteiger partial charge is 0.307 e. The van der Waals surface area contributed by atoms with E-state index in [1.807, 2.05) is 18.2 Å². The zero-order valence-corrected chi connectivity index (χ0v) is 20.2. The number of rotatable bonds is 4. The molecule has 3 aliphatic carbocycles. The van der Waals surface area contributed by atoms with Crippen LogP contribution in [0.4, 0.5) is 0 Å². The van der Waals surface area contributed by atoms with Gasteiger partial charge in [0.05, 0.1) is 26.1 Å². The van der Waals surface area contributed by atoms with Crippen LogP contribution in [0.2, 0.25) is 0 Å². The summed E-state index contributed by atoms with van der Waals surface area (Å²) in [4.78, 5) is 25.4. The second-order valence-electron chi connectivity index (χ2n) is 11.4. The molecule has 1 unspecified atom stereocenters. The molecular formula is C27H37NO5. The van der Waals surface area contributed by atoms with Crippen LogP contribution < -0.4 is 14.8 Å². The highest BCUT2D eigenvalue weighted by Crippen LogP contribution is 2.66. The monoisotopic (exact) mass is 455 g/mol. The lowest BCUT2D eigenvalue weighted by Crippen LogP contribution is -2.62. The Bertz CT molecular complexity index is 940. The summed E-state index contributed by atoms with van der Waals surface area (Å²) in [6.07, 6.45) is 6.66. The number of hydrogen-bond donors (Lipinski definition) is 2. The number of aliphatic carboxylic acids is 1. The Balaban J connectivity index is 1.49. The summed E-state index contributed by atoms with van der Waals surface area (Å²) in [5, 5.41) is 13.3. The fourth-order valence-electron chi connectivity index (χ4n) is 8.65. The van der Waals surface area contributed by atoms with Gasteiger partial charge in [0.15, 0.2) is 0 Å². The standard InChI is InChI=1S/C27H37NO5/c1-26-13-12-18-15(17(26)9-10-19(26)25(30)31)8-11-22-27(18,2)14-16(24(29)28-22)23-20(32-3)6-5-7-21(23)33-4/h5-7,15-19,22H,8-14H2,1-4H3,(H,28,29)(H,30,31)/t15-,16?,17-,18-,19+,22+,26-,27+/m0/s1. The maximum Gasteiger partial charge on any atom is 0.307 e. The number of piperidine rings is 1. The van der Waals surface area contributed by atoms with Crippen LogP contribution in [-0.4, -0.2) is 37.2 Å². The van der Waals surface area contributed by atoms with E-state index in [1.165, 1.54) is 0 Å². The van der Waals surface area contributed by atoms with Crippen LogP contribution in [0.1, 0.15) is 70.3 Å². The van der Waals surface area contributed by atoms with Gasteiger partial charge in [-0.05, 0) is 85.7 Å². The molecule has 3 saturated carbocycles. The molecule has 1 heterocycles. The average Bonchev–Trinajstić information content (AvgIpc) is 3.16. The second kappa shape index (κ2) is 7.92. The van der Waals surface area contributed by atoms with E-state index in [9.17, 15) is 14.7 Å². The van der Waals surface area contributed by atoms with E-state index in [4.69, 9.17) is 9.47 Å². The van der Waals surface area contributed by atoms with Crippen molar-refractivity contribution in [1.29, 1.82) is 0 Å². The Morgan fingerprint density at radius 2 is 1.67 bits per heavy atom. The zero-order valence-electron chi connectivity index (χ0n) is 20.2. The van der Waals surface area contributed by atoms with Crippen molar-refractivity contribution < 1.29 is 24.2 Å². The molecule has 1 aromatic carbocycles. The van der Waals surface area contributed by atoms with Crippen molar-refractivity contribution in [2.24, 2.45) is 34.5 Å². The molecule has 2 N–H and O–H groups in total. The molecule has 1 aliphatic heterocycles. The van der Waals surface area contributed by atoms with E-state index in [2.05, 4.69) is 19.2 Å². The first-order valence-corrected chi connectivity index (χ1v) is 12.5. The third kappa shape index (κ3) is 3.19. The van der Waals surface area contributed by atoms with Crippen LogP contribution in [0.25, 0.3) is 0 Å². The molecule has 0 radical (unpaired) electrons. The van der Waals surface area contributed by atoms with Gasteiger partial charge in [0.2, 0.25) is 5.91 Å². The lowest BCUT2D eigenvalue weighted by atomic mass is 9.46. The number of amides is 1. The summed E-state index contributed by atoms with van der Waals surface area (Å²) < 4.78 is 11.3. The molecule has 0 spiro atoms. The maximum absolute atomic E-state index is 13.4. The minimum Gasteiger partial charge on any atom is -0.496 e. The molecule has 4 aliphatic rings. The number of fused-ring (bicyclic) bond motifs is 5. The van der Waals surface area contributed by atoms with Gasteiger partial charge in [-0.15, -0.1) is 0 Å². The number of carboxylic acid groups (broad SMARTS) is 1. The van der Waals surface area contributed by atoms with Crippen molar-refractivity contribution in [2.45, 2.75) is 70.8 Å². The minimum atomic E-state index is -0.619. The van der Waals surface area contributed by atoms with E-state index in [1.54, 1.807) is 14.2 Å². The van der Waals surface area contributed by atoms with E-state index in [0.29, 0.717) is 29.3 Å². The molecule has 180 valence electrons. The predicted molar refractivity (Wildman–Crippen MR) is 124 cm³/mol. The van der Waals surface area contributed by atoms with Crippen LogP contribution in [0.5, 0.6) is 11.5 Å². The van der Waals surface area contributed by atoms with E-state index in [-0.39, 0.29) is 34.6 Å². The van der Waals surface area contributed by atoms with Crippen LogP contribution in [0.15, 0.2) is 18.2 Å². The van der Waals surface area contributed by atoms with E-state index < -0.39 is 5.97 Å². The number of carboxylic acids is 1. The summed E-state index contributed by atoms with van der Waals surface area (Å²) >= 11 is 0. The fraction of sp³-hybridized carbons (Fsp3) is 0.704. The minimum absolute atomic E-state index is 0.0317. The molecule has 5 rings (SSSR count). The molecule has 6 heteroatoms. The molecule has 6 nitrogen and oxygen atoms in total. The molecule has 4 fully saturated rings. The second-order valence-corrected chi connectivity index (χ2v) is 11.4. The molecule has 1 saturated heterocycles. The summed E-state index contributed by atoms with van der Waals surface area (Å²) in [5.41, 5.74) is 0.712. The first-order chi connectivity index (χ1) is 15.7. The van der Waals surface area contributed by atoms with Crippen LogP contribution in [0.3, 0.4) is 0 Å². The number of carbonyl (C=O) groups excluding carboxylic acids is 1. The number of nitrogens with one attached hydrogen (secondary N) is 1. The van der Waals surface area contributed by atoms with Crippen molar-refractivity contribution in [3.63, 3.8) is 0 Å². The third-order valence-electron chi connectivity index (χ3n) is 10.3. The van der Waals surface area contributed by atoms with Gasteiger partial charge in [-0.3, -0.25) is 9.59 Å². The zero-order chi connectivity index (χ0) is 23.5. The SMILES string of the molecule is COc1cccc(OC)c1C1C[C@@]2(C)[C@@H](CC[C@@H]3[C@@H]2CC[C@]2(C)[C@@H](C(=O)O)CC[C@@H]32)NC1=O. The molecule has 33 heavy (non-hydrogen) atoms. The van der Waals surface area contributed by atoms with Gasteiger partial charge >= 0.3 is 5.97 Å². The molecule has 1 aromatic rings. The van der Waals surface area contributed by atoms with Gasteiger partial charge in [-0.1, -0.05) is 19.9 Å². The molecule has 0 bridgehead atoms. The highest BCUT2D eigenvalue weighted by molar-refractivity contribution is 5.87. The number of benzene rings is 1. The van der Waals surface area contributed by atoms with Gasteiger partial charge in [-0.25, -0.2) is 0 Å². The highest BCUT2D eigenvalue weighted by atomic mass is 16.5. The number of methoxy groups -OCH3 is 2. The fourth-order valence-corrected chi connectivity index (χ4v) is 8.65. The first kappa shape index (κ1) is 22.5. The van der Waals surface area contributed by atoms with Gasteiger partial charge in [0, 0.05) is 11.6 Å². The van der Waals surface area contributed by atoms with Crippen LogP contribution >= 0.6 is 0 Å². The Hall–Kier alpha value is -2.24. The Labute approximate surface area is 196 Å². The molecule has 0 aromatic heterocycles. The Kier molecular flexibility index (Phi) is 5.41. The van der Waals surface area contributed by atoms with E-state index >= 15 is 0 Å². The van der Waals surface area contributed by atoms with Crippen molar-refractivity contribution in [3.05, 3.63) is 23.8 Å². The highest BCUT2D eigenvalue weighted by Gasteiger charge is 2.62. The van der Waals surface area contributed by atoms with Crippen LogP contribution in [-0.2, 0) is 9.59 Å². The third-order valence-corrected chi connectivity index (χ3v) is 10.3. The topological polar surface area (TPSA) is 84.9 Å². The molecular weight excluding hydrogens is 418 g/mol. The molecule has 1 amide bonds. The largest absolute Gasteiger partial charge is 0.496 e. The van der Waals surface area contributed by atoms with Gasteiger partial charge < -0.3 is 19.9 Å². The molecule has 8 atom stereocenters. The lowest BCUT2D eigenvalue weighted by Gasteiger charge is -2.60. The summed E-state index contributed by atoms with van der Waals surface area (Å²) in [6, 6.07) is 5.87. The Morgan fingerprint density at radius 1 is 1.00 bits per heavy atom. The normalized spacial score (nSPS) is 41.9. The summed E-state index contributed by atoms with van der Waals surface area (Å²) in [6.45, 7) is 4.61. The summed E-state index contributed by atoms with van der Waals surface area (Å²) in [7, 11) is 3.28. The average molecular weight is 456 g/mol. The van der Waals surface area contributed by atoms with Gasteiger partial charge in [0.1, 0.15) is 11.5 Å². The number of hydrogen-bond acceptors (Lipinski definition) is 4. The predicted octanol–water partition coefficient (Wildman–Crippen LogP) is 4.62. The van der Waals surface area contributed by atoms with Crippen molar-refractivity contribution in [1.82, 2.24) is 5.32 Å². The first-order valence-electron chi connectivity index (χ1n) is 12.5. The Morgan fingerprint density at radius 3 is 2.30 bits per heavy atom. The summed E-state index contributed by atoms with van der Waals surface area (Å²) in [5.74, 6) is 1.78. The number of ether oxygens (including phenoxy) is 2. The van der Waals surface area contributed by atoms with E-state index in [0.717, 1.165) is 50.5 Å². The van der Waals surface area contributed by atoms with Crippen molar-refractivity contribution in [2.75, 3.05) is 14.2 Å². The van der Waals surface area contributed by atoms with Gasteiger partial charge in [0.25, 0.3) is 0 Å². The lowest BCUT2D eigenvalue weighted by molar-refractivity contribution is -0.153. The maximum atomic E-state index is 13.4. The van der Waals surface area contributed by atoms with Crippen molar-refractivity contribution in [3.8, 4) is 11.5 Å². The van der Waals surface area contributed by atoms with Crippen LogP contribution in [0, 0.1) is 34.5 Å². The number of carbonyl (C=O) groups is 2. The van der Waals surface area contributed by atoms with Crippen molar-refractivity contribution >= 4 is 11.9 Å². The van der Waals surface area contributed by atoms with Gasteiger partial charge in [-0.2, -0.15) is 0 Å². The quantitative estimate of drug-likeness (QED) is 0.692.